The molecule has 0 radical (unpaired) electrons. The first-order valence-corrected chi connectivity index (χ1v) is 7.04. The van der Waals surface area contributed by atoms with Crippen LogP contribution in [0.3, 0.4) is 0 Å². The van der Waals surface area contributed by atoms with E-state index >= 15 is 0 Å². The summed E-state index contributed by atoms with van der Waals surface area (Å²) in [7, 11) is 1.07. The predicted octanol–water partition coefficient (Wildman–Crippen LogP) is 3.47. The summed E-state index contributed by atoms with van der Waals surface area (Å²) in [6, 6.07) is 4.51. The molecule has 2 aromatic rings. The topological polar surface area (TPSA) is 81.0 Å². The van der Waals surface area contributed by atoms with Gasteiger partial charge in [0.15, 0.2) is 5.69 Å². The van der Waals surface area contributed by atoms with E-state index in [4.69, 9.17) is 11.0 Å². The number of hydrogen-bond donors (Lipinski definition) is 1. The molecule has 0 spiro atoms. The van der Waals surface area contributed by atoms with E-state index < -0.39 is 29.1 Å². The molecular formula is C14H9F4N3O2S. The second kappa shape index (κ2) is 6.45. The van der Waals surface area contributed by atoms with Crippen LogP contribution in [0.2, 0.25) is 0 Å². The van der Waals surface area contributed by atoms with E-state index in [1.165, 1.54) is 0 Å². The zero-order valence-corrected chi connectivity index (χ0v) is 12.8. The number of nitrogens with two attached hydrogens (primary N) is 1. The van der Waals surface area contributed by atoms with Gasteiger partial charge in [0.25, 0.3) is 0 Å². The number of alkyl halides is 3. The summed E-state index contributed by atoms with van der Waals surface area (Å²) in [6.07, 6.45) is 1.11. The normalized spacial score (nSPS) is 11.2. The second-order valence-electron chi connectivity index (χ2n) is 4.44. The molecule has 0 aliphatic heterocycles. The Kier molecular flexibility index (Phi) is 4.75. The number of aromatic nitrogens is 1. The van der Waals surface area contributed by atoms with Crippen LogP contribution < -0.4 is 5.73 Å². The minimum Gasteiger partial charge on any atom is -0.464 e. The number of halogens is 4. The summed E-state index contributed by atoms with van der Waals surface area (Å²) >= 11 is -0.471. The Balaban J connectivity index is 2.57. The number of carbonyl (C=O) groups excluding carboxylic acids is 1. The number of thioether (sulfide) groups is 1. The van der Waals surface area contributed by atoms with E-state index in [0.717, 1.165) is 30.0 Å². The number of carbonyl (C=O) groups is 1. The minimum absolute atomic E-state index is 0.0939. The van der Waals surface area contributed by atoms with Crippen molar-refractivity contribution in [1.82, 2.24) is 4.57 Å². The number of anilines is 1. The lowest BCUT2D eigenvalue weighted by Gasteiger charge is -2.11. The summed E-state index contributed by atoms with van der Waals surface area (Å²) in [5, 5.41) is 8.98. The van der Waals surface area contributed by atoms with Gasteiger partial charge in [-0.25, -0.2) is 9.18 Å². The Morgan fingerprint density at radius 2 is 2.08 bits per heavy atom. The lowest BCUT2D eigenvalue weighted by atomic mass is 10.2. The summed E-state index contributed by atoms with van der Waals surface area (Å²) in [5.41, 5.74) is 0.281. The third kappa shape index (κ3) is 3.46. The first-order chi connectivity index (χ1) is 11.2. The van der Waals surface area contributed by atoms with Gasteiger partial charge in [0, 0.05) is 11.1 Å². The van der Waals surface area contributed by atoms with E-state index in [1.54, 1.807) is 6.07 Å². The van der Waals surface area contributed by atoms with Crippen LogP contribution in [0.25, 0.3) is 5.69 Å². The third-order valence-electron chi connectivity index (χ3n) is 2.96. The predicted molar refractivity (Wildman–Crippen MR) is 78.1 cm³/mol. The molecule has 0 aliphatic rings. The molecule has 0 atom stereocenters. The average molecular weight is 359 g/mol. The van der Waals surface area contributed by atoms with Crippen LogP contribution in [0, 0.1) is 17.1 Å². The molecule has 5 nitrogen and oxygen atoms in total. The summed E-state index contributed by atoms with van der Waals surface area (Å²) < 4.78 is 56.7. The van der Waals surface area contributed by atoms with Crippen molar-refractivity contribution in [1.29, 1.82) is 5.26 Å². The second-order valence-corrected chi connectivity index (χ2v) is 5.58. The smallest absolute Gasteiger partial charge is 0.446 e. The number of benzene rings is 1. The maximum atomic E-state index is 14.2. The molecule has 0 aliphatic carbocycles. The highest BCUT2D eigenvalue weighted by Crippen LogP contribution is 2.38. The van der Waals surface area contributed by atoms with Crippen LogP contribution in [0.15, 0.2) is 29.3 Å². The number of methoxy groups -OCH3 is 1. The molecule has 1 heterocycles. The highest BCUT2D eigenvalue weighted by Gasteiger charge is 2.30. The van der Waals surface area contributed by atoms with Gasteiger partial charge in [0.2, 0.25) is 0 Å². The first-order valence-electron chi connectivity index (χ1n) is 6.23. The molecule has 0 amide bonds. The van der Waals surface area contributed by atoms with Gasteiger partial charge < -0.3 is 15.0 Å². The zero-order valence-electron chi connectivity index (χ0n) is 12.0. The Morgan fingerprint density at radius 3 is 2.58 bits per heavy atom. The fraction of sp³-hybridized carbons (Fsp3) is 0.143. The quantitative estimate of drug-likeness (QED) is 0.516. The monoisotopic (exact) mass is 359 g/mol. The Hall–Kier alpha value is -2.67. The number of esters is 1. The molecule has 126 valence electrons. The molecule has 0 saturated carbocycles. The number of hydrogen-bond acceptors (Lipinski definition) is 5. The van der Waals surface area contributed by atoms with Crippen LogP contribution in [-0.2, 0) is 4.74 Å². The van der Waals surface area contributed by atoms with Gasteiger partial charge in [0.05, 0.1) is 24.0 Å². The van der Waals surface area contributed by atoms with E-state index in [-0.39, 0.29) is 27.5 Å². The van der Waals surface area contributed by atoms with E-state index in [9.17, 15) is 22.4 Å². The van der Waals surface area contributed by atoms with Gasteiger partial charge >= 0.3 is 11.5 Å². The molecule has 0 unspecified atom stereocenters. The van der Waals surface area contributed by atoms with Crippen molar-refractivity contribution in [2.75, 3.05) is 12.8 Å². The van der Waals surface area contributed by atoms with Gasteiger partial charge in [-0.2, -0.15) is 18.4 Å². The van der Waals surface area contributed by atoms with E-state index in [1.807, 2.05) is 0 Å². The molecule has 10 heteroatoms. The summed E-state index contributed by atoms with van der Waals surface area (Å²) in [4.78, 5) is 11.5. The van der Waals surface area contributed by atoms with Crippen molar-refractivity contribution in [3.05, 3.63) is 41.5 Å². The highest BCUT2D eigenvalue weighted by atomic mass is 32.2. The Morgan fingerprint density at radius 1 is 1.42 bits per heavy atom. The molecule has 0 saturated heterocycles. The molecule has 1 aromatic carbocycles. The lowest BCUT2D eigenvalue weighted by molar-refractivity contribution is -0.0328. The Labute approximate surface area is 137 Å². The molecule has 2 N–H and O–H groups in total. The summed E-state index contributed by atoms with van der Waals surface area (Å²) in [6.45, 7) is 0. The van der Waals surface area contributed by atoms with Gasteiger partial charge in [-0.05, 0) is 30.0 Å². The minimum atomic E-state index is -4.56. The SMILES string of the molecule is COC(=O)c1c(N)c(C#N)cn1-c1ccc(SC(F)(F)F)cc1F. The highest BCUT2D eigenvalue weighted by molar-refractivity contribution is 8.00. The molecule has 24 heavy (non-hydrogen) atoms. The average Bonchev–Trinajstić information content (AvgIpc) is 2.81. The van der Waals surface area contributed by atoms with Crippen LogP contribution >= 0.6 is 11.8 Å². The van der Waals surface area contributed by atoms with Crippen molar-refractivity contribution in [2.24, 2.45) is 0 Å². The van der Waals surface area contributed by atoms with Gasteiger partial charge in [-0.15, -0.1) is 0 Å². The number of nitrogen functional groups attached to an aromatic ring is 1. The number of ether oxygens (including phenoxy) is 1. The van der Waals surface area contributed by atoms with Crippen LogP contribution in [0.5, 0.6) is 0 Å². The zero-order chi connectivity index (χ0) is 18.1. The third-order valence-corrected chi connectivity index (χ3v) is 3.68. The Bertz CT molecular complexity index is 840. The lowest BCUT2D eigenvalue weighted by Crippen LogP contribution is -2.12. The van der Waals surface area contributed by atoms with Crippen molar-refractivity contribution < 1.29 is 27.1 Å². The summed E-state index contributed by atoms with van der Waals surface area (Å²) in [5.74, 6) is -1.93. The molecule has 0 bridgehead atoms. The van der Waals surface area contributed by atoms with Crippen LogP contribution in [-0.4, -0.2) is 23.2 Å². The maximum Gasteiger partial charge on any atom is 0.446 e. The van der Waals surface area contributed by atoms with Crippen LogP contribution in [0.1, 0.15) is 16.1 Å². The number of nitriles is 1. The van der Waals surface area contributed by atoms with Crippen molar-refractivity contribution in [3.63, 3.8) is 0 Å². The largest absolute Gasteiger partial charge is 0.464 e. The fourth-order valence-electron chi connectivity index (χ4n) is 1.98. The molecular weight excluding hydrogens is 350 g/mol. The standard InChI is InChI=1S/C14H9F4N3O2S/c1-23-13(22)12-11(20)7(5-19)6-21(12)10-3-2-8(4-9(10)15)24-14(16,17)18/h2-4,6H,20H2,1H3. The van der Waals surface area contributed by atoms with Gasteiger partial charge in [0.1, 0.15) is 11.9 Å². The molecule has 0 fully saturated rings. The number of rotatable bonds is 3. The van der Waals surface area contributed by atoms with Crippen LogP contribution in [0.4, 0.5) is 23.2 Å². The van der Waals surface area contributed by atoms with Gasteiger partial charge in [-0.1, -0.05) is 0 Å². The molecule has 2 rings (SSSR count). The van der Waals surface area contributed by atoms with E-state index in [0.29, 0.717) is 6.07 Å². The van der Waals surface area contributed by atoms with Gasteiger partial charge in [-0.3, -0.25) is 0 Å². The maximum absolute atomic E-state index is 14.2. The van der Waals surface area contributed by atoms with Crippen molar-refractivity contribution in [3.8, 4) is 11.8 Å². The van der Waals surface area contributed by atoms with Crippen molar-refractivity contribution >= 4 is 23.4 Å². The number of nitrogens with zero attached hydrogens (tertiary/aromatic N) is 2. The first kappa shape index (κ1) is 17.7. The van der Waals surface area contributed by atoms with Crippen molar-refractivity contribution in [2.45, 2.75) is 10.4 Å². The molecule has 1 aromatic heterocycles. The van der Waals surface area contributed by atoms with E-state index in [2.05, 4.69) is 4.74 Å². The fourth-order valence-corrected chi connectivity index (χ4v) is 2.55.